The minimum absolute atomic E-state index is 0.209. The summed E-state index contributed by atoms with van der Waals surface area (Å²) in [6.07, 6.45) is 5.00. The van der Waals surface area contributed by atoms with E-state index in [1.807, 2.05) is 0 Å². The first kappa shape index (κ1) is 16.5. The van der Waals surface area contributed by atoms with Gasteiger partial charge >= 0.3 is 0 Å². The predicted molar refractivity (Wildman–Crippen MR) is 91.7 cm³/mol. The maximum absolute atomic E-state index is 3.76. The first-order valence-electron chi connectivity index (χ1n) is 8.73. The lowest BCUT2D eigenvalue weighted by Gasteiger charge is -2.45. The Morgan fingerprint density at radius 3 is 2.19 bits per heavy atom. The molecule has 21 heavy (non-hydrogen) atoms. The molecule has 0 radical (unpaired) electrons. The van der Waals surface area contributed by atoms with Crippen LogP contribution in [0.5, 0.6) is 0 Å². The van der Waals surface area contributed by atoms with Crippen molar-refractivity contribution < 1.29 is 0 Å². The van der Waals surface area contributed by atoms with Gasteiger partial charge in [-0.2, -0.15) is 0 Å². The fourth-order valence-corrected chi connectivity index (χ4v) is 3.68. The van der Waals surface area contributed by atoms with Crippen LogP contribution in [-0.2, 0) is 6.42 Å². The van der Waals surface area contributed by atoms with Gasteiger partial charge in [0.05, 0.1) is 6.04 Å². The van der Waals surface area contributed by atoms with Gasteiger partial charge < -0.3 is 5.32 Å². The molecule has 0 amide bonds. The zero-order chi connectivity index (χ0) is 15.3. The maximum Gasteiger partial charge on any atom is 0.0504 e. The topological polar surface area (TPSA) is 15.3 Å². The highest BCUT2D eigenvalue weighted by Crippen LogP contribution is 2.36. The van der Waals surface area contributed by atoms with E-state index >= 15 is 0 Å². The molecule has 2 unspecified atom stereocenters. The number of aryl methyl sites for hydroxylation is 1. The molecule has 0 spiro atoms. The molecule has 0 aromatic heterocycles. The first-order valence-corrected chi connectivity index (χ1v) is 8.73. The van der Waals surface area contributed by atoms with Crippen LogP contribution in [0.4, 0.5) is 0 Å². The predicted octanol–water partition coefficient (Wildman–Crippen LogP) is 4.16. The van der Waals surface area contributed by atoms with Gasteiger partial charge in [0.1, 0.15) is 0 Å². The van der Waals surface area contributed by atoms with E-state index in [9.17, 15) is 0 Å². The Kier molecular flexibility index (Phi) is 5.83. The number of nitrogens with one attached hydrogen (secondary N) is 1. The van der Waals surface area contributed by atoms with Crippen LogP contribution >= 0.6 is 0 Å². The molecule has 0 saturated carbocycles. The summed E-state index contributed by atoms with van der Waals surface area (Å²) in [4.78, 5) is 2.70. The average molecular weight is 288 g/mol. The van der Waals surface area contributed by atoms with Crippen LogP contribution in [0.3, 0.4) is 0 Å². The normalized spacial score (nSPS) is 20.4. The number of nitrogens with zero attached hydrogens (tertiary/aromatic N) is 1. The monoisotopic (exact) mass is 288 g/mol. The van der Waals surface area contributed by atoms with Gasteiger partial charge in [-0.1, -0.05) is 45.0 Å². The zero-order valence-corrected chi connectivity index (χ0v) is 14.3. The number of likely N-dealkylation sites (tertiary alicyclic amines) is 1. The lowest BCUT2D eigenvalue weighted by Crippen LogP contribution is -2.53. The third-order valence-electron chi connectivity index (χ3n) is 5.30. The molecule has 1 fully saturated rings. The smallest absolute Gasteiger partial charge is 0.0504 e. The molecule has 1 aromatic rings. The van der Waals surface area contributed by atoms with Gasteiger partial charge in [0.15, 0.2) is 0 Å². The molecule has 1 N–H and O–H groups in total. The second-order valence-corrected chi connectivity index (χ2v) is 6.49. The third-order valence-corrected chi connectivity index (χ3v) is 5.30. The molecule has 2 atom stereocenters. The van der Waals surface area contributed by atoms with Crippen LogP contribution in [0, 0.1) is 0 Å². The van der Waals surface area contributed by atoms with E-state index in [-0.39, 0.29) is 5.54 Å². The highest BCUT2D eigenvalue weighted by atomic mass is 15.2. The summed E-state index contributed by atoms with van der Waals surface area (Å²) in [6.45, 7) is 12.7. The van der Waals surface area contributed by atoms with E-state index in [0.717, 1.165) is 13.0 Å². The van der Waals surface area contributed by atoms with Crippen LogP contribution in [0.2, 0.25) is 0 Å². The van der Waals surface area contributed by atoms with Gasteiger partial charge in [0.2, 0.25) is 0 Å². The number of hydrogen-bond acceptors (Lipinski definition) is 2. The number of benzene rings is 1. The van der Waals surface area contributed by atoms with Gasteiger partial charge in [-0.3, -0.25) is 4.90 Å². The van der Waals surface area contributed by atoms with Crippen molar-refractivity contribution in [2.45, 2.75) is 65.0 Å². The Morgan fingerprint density at radius 2 is 1.71 bits per heavy atom. The summed E-state index contributed by atoms with van der Waals surface area (Å²) in [5.41, 5.74) is 3.07. The van der Waals surface area contributed by atoms with Gasteiger partial charge in [0.25, 0.3) is 0 Å². The lowest BCUT2D eigenvalue weighted by atomic mass is 9.82. The maximum atomic E-state index is 3.76. The lowest BCUT2D eigenvalue weighted by molar-refractivity contribution is 0.0846. The molecule has 0 bridgehead atoms. The van der Waals surface area contributed by atoms with Crippen LogP contribution in [0.15, 0.2) is 24.3 Å². The van der Waals surface area contributed by atoms with E-state index < -0.39 is 0 Å². The second kappa shape index (κ2) is 7.42. The summed E-state index contributed by atoms with van der Waals surface area (Å²) < 4.78 is 0. The highest BCUT2D eigenvalue weighted by Gasteiger charge is 2.39. The SMILES string of the molecule is CCNC(c1ccc(CC)cc1)C(C)(CC)N1CCCC1. The molecule has 118 valence electrons. The van der Waals surface area contributed by atoms with Crippen molar-refractivity contribution in [2.75, 3.05) is 19.6 Å². The largest absolute Gasteiger partial charge is 0.309 e. The van der Waals surface area contributed by atoms with Crippen molar-refractivity contribution in [3.05, 3.63) is 35.4 Å². The standard InChI is InChI=1S/C19H32N2/c1-5-16-10-12-17(13-11-16)18(20-7-3)19(4,6-2)21-14-8-9-15-21/h10-13,18,20H,5-9,14-15H2,1-4H3. The highest BCUT2D eigenvalue weighted by molar-refractivity contribution is 5.28. The molecule has 0 aliphatic carbocycles. The Bertz CT molecular complexity index is 420. The zero-order valence-electron chi connectivity index (χ0n) is 14.3. The number of likely N-dealkylation sites (N-methyl/N-ethyl adjacent to an activating group) is 1. The molecule has 1 aromatic carbocycles. The van der Waals surface area contributed by atoms with Crippen LogP contribution in [0.25, 0.3) is 0 Å². The summed E-state index contributed by atoms with van der Waals surface area (Å²) in [5.74, 6) is 0. The molecule has 1 heterocycles. The molecule has 2 heteroatoms. The van der Waals surface area contributed by atoms with Crippen molar-refractivity contribution in [3.8, 4) is 0 Å². The molecule has 1 aliphatic heterocycles. The van der Waals surface area contributed by atoms with Gasteiger partial charge in [0, 0.05) is 5.54 Å². The van der Waals surface area contributed by atoms with Crippen molar-refractivity contribution in [3.63, 3.8) is 0 Å². The van der Waals surface area contributed by atoms with E-state index in [1.54, 1.807) is 0 Å². The summed E-state index contributed by atoms with van der Waals surface area (Å²) in [5, 5.41) is 3.76. The fraction of sp³-hybridized carbons (Fsp3) is 0.684. The van der Waals surface area contributed by atoms with E-state index in [1.165, 1.54) is 43.5 Å². The van der Waals surface area contributed by atoms with Gasteiger partial charge in [-0.25, -0.2) is 0 Å². The Balaban J connectivity index is 2.29. The summed E-state index contributed by atoms with van der Waals surface area (Å²) >= 11 is 0. The van der Waals surface area contributed by atoms with Crippen LogP contribution in [-0.4, -0.2) is 30.1 Å². The number of rotatable bonds is 7. The van der Waals surface area contributed by atoms with Gasteiger partial charge in [-0.05, 0) is 63.4 Å². The molecule has 2 rings (SSSR count). The summed E-state index contributed by atoms with van der Waals surface area (Å²) in [7, 11) is 0. The van der Waals surface area contributed by atoms with Crippen molar-refractivity contribution >= 4 is 0 Å². The average Bonchev–Trinajstić information content (AvgIpc) is 3.07. The first-order chi connectivity index (χ1) is 10.2. The molecule has 1 saturated heterocycles. The molecule has 1 aliphatic rings. The Morgan fingerprint density at radius 1 is 1.10 bits per heavy atom. The molecular weight excluding hydrogens is 256 g/mol. The van der Waals surface area contributed by atoms with Crippen molar-refractivity contribution in [2.24, 2.45) is 0 Å². The van der Waals surface area contributed by atoms with E-state index in [2.05, 4.69) is 62.2 Å². The van der Waals surface area contributed by atoms with Crippen molar-refractivity contribution in [1.29, 1.82) is 0 Å². The minimum Gasteiger partial charge on any atom is -0.309 e. The Labute approximate surface area is 130 Å². The van der Waals surface area contributed by atoms with Crippen LogP contribution in [0.1, 0.15) is 64.1 Å². The quantitative estimate of drug-likeness (QED) is 0.810. The van der Waals surface area contributed by atoms with Crippen molar-refractivity contribution in [1.82, 2.24) is 10.2 Å². The van der Waals surface area contributed by atoms with Gasteiger partial charge in [-0.15, -0.1) is 0 Å². The Hall–Kier alpha value is -0.860. The minimum atomic E-state index is 0.209. The van der Waals surface area contributed by atoms with Crippen LogP contribution < -0.4 is 5.32 Å². The molecular formula is C19H32N2. The van der Waals surface area contributed by atoms with E-state index in [0.29, 0.717) is 6.04 Å². The number of hydrogen-bond donors (Lipinski definition) is 1. The fourth-order valence-electron chi connectivity index (χ4n) is 3.68. The molecule has 2 nitrogen and oxygen atoms in total. The van der Waals surface area contributed by atoms with E-state index in [4.69, 9.17) is 0 Å². The summed E-state index contributed by atoms with van der Waals surface area (Å²) in [6, 6.07) is 9.66. The third kappa shape index (κ3) is 3.49. The second-order valence-electron chi connectivity index (χ2n) is 6.49.